The van der Waals surface area contributed by atoms with Gasteiger partial charge in [0, 0.05) is 36.6 Å². The number of hydrogen-bond acceptors (Lipinski definition) is 5. The molecule has 0 aromatic carbocycles. The van der Waals surface area contributed by atoms with Crippen molar-refractivity contribution in [3.05, 3.63) is 36.2 Å². The lowest BCUT2D eigenvalue weighted by Gasteiger charge is -2.21. The van der Waals surface area contributed by atoms with Crippen LogP contribution < -0.4 is 9.64 Å². The van der Waals surface area contributed by atoms with Crippen LogP contribution in [-0.2, 0) is 6.18 Å². The van der Waals surface area contributed by atoms with E-state index in [-0.39, 0.29) is 29.4 Å². The van der Waals surface area contributed by atoms with E-state index in [1.165, 1.54) is 37.4 Å². The summed E-state index contributed by atoms with van der Waals surface area (Å²) in [5, 5.41) is 9.94. The number of aromatic nitrogens is 2. The van der Waals surface area contributed by atoms with Crippen LogP contribution in [0.15, 0.2) is 30.6 Å². The molecule has 2 aromatic rings. The van der Waals surface area contributed by atoms with Gasteiger partial charge in [0.2, 0.25) is 5.88 Å². The molecule has 7 nitrogen and oxygen atoms in total. The number of carbonyl (C=O) groups is 1. The molecular weight excluding hydrogens is 353 g/mol. The Balaban J connectivity index is 2.08. The van der Waals surface area contributed by atoms with E-state index in [0.29, 0.717) is 0 Å². The van der Waals surface area contributed by atoms with Gasteiger partial charge in [-0.1, -0.05) is 0 Å². The first kappa shape index (κ1) is 17.9. The summed E-state index contributed by atoms with van der Waals surface area (Å²) in [5.74, 6) is -0.00916. The van der Waals surface area contributed by atoms with Crippen LogP contribution in [0.25, 0.3) is 11.1 Å². The fourth-order valence-corrected chi connectivity index (χ4v) is 2.67. The highest BCUT2D eigenvalue weighted by molar-refractivity contribution is 5.93. The summed E-state index contributed by atoms with van der Waals surface area (Å²) in [6.45, 7) is -0.0218. The zero-order valence-electron chi connectivity index (χ0n) is 13.9. The largest absolute Gasteiger partial charge is 0.481 e. The number of rotatable bonds is 3. The molecule has 0 saturated carbocycles. The number of carbonyl (C=O) groups excluding carboxylic acids is 1. The number of anilines is 1. The van der Waals surface area contributed by atoms with E-state index >= 15 is 0 Å². The van der Waals surface area contributed by atoms with Gasteiger partial charge in [-0.25, -0.2) is 19.7 Å². The van der Waals surface area contributed by atoms with Gasteiger partial charge in [0.25, 0.3) is 0 Å². The number of methoxy groups -OCH3 is 1. The van der Waals surface area contributed by atoms with Crippen molar-refractivity contribution in [3.63, 3.8) is 0 Å². The molecule has 2 amide bonds. The van der Waals surface area contributed by atoms with Crippen LogP contribution in [-0.4, -0.2) is 52.9 Å². The molecule has 10 heteroatoms. The number of ether oxygens (including phenoxy) is 1. The quantitative estimate of drug-likeness (QED) is 0.900. The third-order valence-electron chi connectivity index (χ3n) is 3.97. The number of β-amino-alcohol motifs (C(OH)–C–C–N with tert-alkyl or cyclic N) is 1. The van der Waals surface area contributed by atoms with Crippen molar-refractivity contribution in [1.82, 2.24) is 14.9 Å². The van der Waals surface area contributed by atoms with Crippen LogP contribution in [0.1, 0.15) is 5.56 Å². The molecule has 0 bridgehead atoms. The molecule has 1 N–H and O–H groups in total. The average Bonchev–Trinajstić information content (AvgIpc) is 2.86. The van der Waals surface area contributed by atoms with Crippen molar-refractivity contribution in [3.8, 4) is 17.0 Å². The number of urea groups is 1. The summed E-state index contributed by atoms with van der Waals surface area (Å²) < 4.78 is 45.6. The number of hydrogen-bond donors (Lipinski definition) is 1. The number of aliphatic hydroxyl groups is 1. The highest BCUT2D eigenvalue weighted by Crippen LogP contribution is 2.39. The first-order chi connectivity index (χ1) is 12.2. The number of amides is 2. The van der Waals surface area contributed by atoms with Crippen LogP contribution >= 0.6 is 0 Å². The summed E-state index contributed by atoms with van der Waals surface area (Å²) in [5.41, 5.74) is -0.975. The molecular formula is C16H15F3N4O3. The molecule has 2 aromatic heterocycles. The molecule has 1 aliphatic rings. The SMILES string of the molecule is COc1ccc(-c2cnc(N3C(=O)N(C)CC3O)cc2C(F)(F)F)cn1. The lowest BCUT2D eigenvalue weighted by molar-refractivity contribution is -0.137. The monoisotopic (exact) mass is 368 g/mol. The zero-order valence-corrected chi connectivity index (χ0v) is 13.9. The van der Waals surface area contributed by atoms with Gasteiger partial charge < -0.3 is 14.7 Å². The molecule has 26 heavy (non-hydrogen) atoms. The van der Waals surface area contributed by atoms with E-state index in [4.69, 9.17) is 4.74 Å². The van der Waals surface area contributed by atoms with Crippen LogP contribution in [0.5, 0.6) is 5.88 Å². The second-order valence-corrected chi connectivity index (χ2v) is 5.69. The fourth-order valence-electron chi connectivity index (χ4n) is 2.67. The van der Waals surface area contributed by atoms with E-state index in [0.717, 1.165) is 17.2 Å². The second-order valence-electron chi connectivity index (χ2n) is 5.69. The molecule has 1 atom stereocenters. The Morgan fingerprint density at radius 3 is 2.50 bits per heavy atom. The van der Waals surface area contributed by atoms with E-state index in [2.05, 4.69) is 9.97 Å². The van der Waals surface area contributed by atoms with Crippen molar-refractivity contribution >= 4 is 11.8 Å². The predicted molar refractivity (Wildman–Crippen MR) is 85.5 cm³/mol. The number of nitrogens with zero attached hydrogens (tertiary/aromatic N) is 4. The Kier molecular flexibility index (Phi) is 4.45. The van der Waals surface area contributed by atoms with Gasteiger partial charge in [0.05, 0.1) is 19.2 Å². The smallest absolute Gasteiger partial charge is 0.417 e. The van der Waals surface area contributed by atoms with Gasteiger partial charge in [-0.2, -0.15) is 13.2 Å². The summed E-state index contributed by atoms with van der Waals surface area (Å²) in [6, 6.07) is 2.99. The minimum atomic E-state index is -4.69. The molecule has 3 heterocycles. The molecule has 1 aliphatic heterocycles. The Bertz CT molecular complexity index is 826. The van der Waals surface area contributed by atoms with Crippen molar-refractivity contribution in [1.29, 1.82) is 0 Å². The number of halogens is 3. The van der Waals surface area contributed by atoms with Crippen LogP contribution in [0.2, 0.25) is 0 Å². The van der Waals surface area contributed by atoms with E-state index < -0.39 is 24.0 Å². The van der Waals surface area contributed by atoms with Crippen molar-refractivity contribution in [2.45, 2.75) is 12.4 Å². The maximum atomic E-state index is 13.6. The van der Waals surface area contributed by atoms with Crippen LogP contribution in [0.3, 0.4) is 0 Å². The molecule has 0 radical (unpaired) electrons. The fraction of sp³-hybridized carbons (Fsp3) is 0.312. The molecule has 138 valence electrons. The Morgan fingerprint density at radius 2 is 2.00 bits per heavy atom. The maximum Gasteiger partial charge on any atom is 0.417 e. The number of aliphatic hydroxyl groups excluding tert-OH is 1. The van der Waals surface area contributed by atoms with E-state index in [9.17, 15) is 23.1 Å². The Labute approximate surface area is 146 Å². The topological polar surface area (TPSA) is 78.8 Å². The standard InChI is InChI=1S/C16H15F3N4O3/c1-22-8-14(24)23(15(22)25)12-5-11(16(17,18)19)10(7-20-12)9-3-4-13(26-2)21-6-9/h3-7,14,24H,8H2,1-2H3. The Morgan fingerprint density at radius 1 is 1.27 bits per heavy atom. The van der Waals surface area contributed by atoms with E-state index in [1.807, 2.05) is 0 Å². The van der Waals surface area contributed by atoms with Gasteiger partial charge in [0.1, 0.15) is 5.82 Å². The first-order valence-corrected chi connectivity index (χ1v) is 7.52. The predicted octanol–water partition coefficient (Wildman–Crippen LogP) is 2.36. The van der Waals surface area contributed by atoms with Crippen molar-refractivity contribution in [2.24, 2.45) is 0 Å². The normalized spacial score (nSPS) is 17.8. The zero-order chi connectivity index (χ0) is 19.1. The van der Waals surface area contributed by atoms with Crippen LogP contribution in [0, 0.1) is 0 Å². The highest BCUT2D eigenvalue weighted by atomic mass is 19.4. The van der Waals surface area contributed by atoms with Gasteiger partial charge in [-0.3, -0.25) is 0 Å². The van der Waals surface area contributed by atoms with Crippen LogP contribution in [0.4, 0.5) is 23.8 Å². The third-order valence-corrected chi connectivity index (χ3v) is 3.97. The minimum Gasteiger partial charge on any atom is -0.481 e. The highest BCUT2D eigenvalue weighted by Gasteiger charge is 2.39. The van der Waals surface area contributed by atoms with E-state index in [1.54, 1.807) is 0 Å². The molecule has 1 unspecified atom stereocenters. The molecule has 0 aliphatic carbocycles. The lowest BCUT2D eigenvalue weighted by Crippen LogP contribution is -2.35. The molecule has 1 fully saturated rings. The summed E-state index contributed by atoms with van der Waals surface area (Å²) in [7, 11) is 2.84. The van der Waals surface area contributed by atoms with Gasteiger partial charge in [0.15, 0.2) is 6.23 Å². The molecule has 1 saturated heterocycles. The van der Waals surface area contributed by atoms with Gasteiger partial charge in [-0.15, -0.1) is 0 Å². The van der Waals surface area contributed by atoms with Crippen molar-refractivity contribution in [2.75, 3.05) is 25.6 Å². The summed E-state index contributed by atoms with van der Waals surface area (Å²) in [6.07, 6.45) is -3.70. The van der Waals surface area contributed by atoms with Crippen molar-refractivity contribution < 1.29 is 27.8 Å². The molecule has 0 spiro atoms. The molecule has 3 rings (SSSR count). The van der Waals surface area contributed by atoms with Gasteiger partial charge >= 0.3 is 12.2 Å². The second kappa shape index (κ2) is 6.45. The summed E-state index contributed by atoms with van der Waals surface area (Å²) >= 11 is 0. The lowest BCUT2D eigenvalue weighted by atomic mass is 10.0. The minimum absolute atomic E-state index is 0.0218. The Hall–Kier alpha value is -2.88. The summed E-state index contributed by atoms with van der Waals surface area (Å²) in [4.78, 5) is 21.9. The number of likely N-dealkylation sites (N-methyl/N-ethyl adjacent to an activating group) is 1. The maximum absolute atomic E-state index is 13.6. The first-order valence-electron chi connectivity index (χ1n) is 7.52. The van der Waals surface area contributed by atoms with Gasteiger partial charge in [-0.05, 0) is 12.1 Å². The number of pyridine rings is 2. The third kappa shape index (κ3) is 3.15. The number of alkyl halides is 3. The average molecular weight is 368 g/mol.